The topological polar surface area (TPSA) is 26.3 Å². The molecule has 0 bridgehead atoms. The van der Waals surface area contributed by atoms with Gasteiger partial charge < -0.3 is 4.74 Å². The molecule has 1 atom stereocenters. The van der Waals surface area contributed by atoms with Crippen LogP contribution >= 0.6 is 11.8 Å². The average Bonchev–Trinajstić information content (AvgIpc) is 2.86. The molecule has 102 valence electrons. The van der Waals surface area contributed by atoms with Crippen LogP contribution in [0.25, 0.3) is 0 Å². The maximum absolute atomic E-state index is 12.3. The average molecular weight is 284 g/mol. The lowest BCUT2D eigenvalue weighted by molar-refractivity contribution is -0.133. The van der Waals surface area contributed by atoms with Gasteiger partial charge in [0.05, 0.1) is 0 Å². The Morgan fingerprint density at radius 1 is 1.20 bits per heavy atom. The smallest absolute Gasteiger partial charge is 0.325 e. The molecule has 1 heterocycles. The summed E-state index contributed by atoms with van der Waals surface area (Å²) in [5, 5.41) is -0.131. The monoisotopic (exact) mass is 284 g/mol. The molecule has 0 saturated carbocycles. The summed E-state index contributed by atoms with van der Waals surface area (Å²) in [5.74, 6) is 0.510. The lowest BCUT2D eigenvalue weighted by Gasteiger charge is -2.11. The van der Waals surface area contributed by atoms with Crippen LogP contribution in [0.5, 0.6) is 5.75 Å². The molecule has 3 rings (SSSR count). The maximum atomic E-state index is 12.3. The first kappa shape index (κ1) is 13.3. The van der Waals surface area contributed by atoms with Gasteiger partial charge >= 0.3 is 5.97 Å². The van der Waals surface area contributed by atoms with Crippen molar-refractivity contribution in [3.63, 3.8) is 0 Å². The number of ether oxygens (including phenoxy) is 1. The zero-order valence-corrected chi connectivity index (χ0v) is 12.4. The molecule has 0 N–H and O–H groups in total. The number of esters is 1. The van der Waals surface area contributed by atoms with Crippen molar-refractivity contribution in [3.05, 3.63) is 59.2 Å². The van der Waals surface area contributed by atoms with Crippen LogP contribution in [-0.4, -0.2) is 11.2 Å². The maximum Gasteiger partial charge on any atom is 0.325 e. The summed E-state index contributed by atoms with van der Waals surface area (Å²) in [6.45, 7) is 3.99. The van der Waals surface area contributed by atoms with E-state index < -0.39 is 0 Å². The fourth-order valence-corrected chi connectivity index (χ4v) is 3.58. The van der Waals surface area contributed by atoms with Crippen LogP contribution in [-0.2, 0) is 11.2 Å². The number of carbonyl (C=O) groups is 1. The van der Waals surface area contributed by atoms with Crippen LogP contribution in [0.3, 0.4) is 0 Å². The summed E-state index contributed by atoms with van der Waals surface area (Å²) >= 11 is 1.60. The highest BCUT2D eigenvalue weighted by molar-refractivity contribution is 8.01. The van der Waals surface area contributed by atoms with Crippen LogP contribution in [0.4, 0.5) is 0 Å². The van der Waals surface area contributed by atoms with Gasteiger partial charge in [0.2, 0.25) is 0 Å². The van der Waals surface area contributed by atoms with Crippen LogP contribution < -0.4 is 4.74 Å². The van der Waals surface area contributed by atoms with Crippen LogP contribution in [0, 0.1) is 13.8 Å². The third kappa shape index (κ3) is 2.59. The molecule has 0 aliphatic carbocycles. The number of carbonyl (C=O) groups excluding carboxylic acids is 1. The Bertz CT molecular complexity index is 639. The third-order valence-corrected chi connectivity index (χ3v) is 4.75. The Balaban J connectivity index is 1.72. The minimum Gasteiger partial charge on any atom is -0.425 e. The highest BCUT2D eigenvalue weighted by Gasteiger charge is 2.29. The first-order chi connectivity index (χ1) is 9.63. The molecule has 0 saturated heterocycles. The SMILES string of the molecule is Cc1ccc(OC(=O)C2Cc3ccccc3S2)c(C)c1. The Morgan fingerprint density at radius 3 is 2.75 bits per heavy atom. The van der Waals surface area contributed by atoms with Crippen molar-refractivity contribution in [1.82, 2.24) is 0 Å². The van der Waals surface area contributed by atoms with E-state index in [-0.39, 0.29) is 11.2 Å². The quantitative estimate of drug-likeness (QED) is 0.617. The summed E-state index contributed by atoms with van der Waals surface area (Å²) in [4.78, 5) is 13.5. The Kier molecular flexibility index (Phi) is 3.53. The van der Waals surface area contributed by atoms with Gasteiger partial charge in [-0.05, 0) is 43.5 Å². The lowest BCUT2D eigenvalue weighted by atomic mass is 10.1. The largest absolute Gasteiger partial charge is 0.425 e. The second-order valence-corrected chi connectivity index (χ2v) is 6.35. The van der Waals surface area contributed by atoms with Crippen molar-refractivity contribution in [3.8, 4) is 5.75 Å². The van der Waals surface area contributed by atoms with Crippen LogP contribution in [0.2, 0.25) is 0 Å². The molecule has 1 aliphatic heterocycles. The van der Waals surface area contributed by atoms with E-state index in [1.54, 1.807) is 11.8 Å². The summed E-state index contributed by atoms with van der Waals surface area (Å²) in [6.07, 6.45) is 0.755. The number of rotatable bonds is 2. The Morgan fingerprint density at radius 2 is 2.00 bits per heavy atom. The van der Waals surface area contributed by atoms with E-state index in [0.29, 0.717) is 5.75 Å². The number of benzene rings is 2. The number of thioether (sulfide) groups is 1. The predicted molar refractivity (Wildman–Crippen MR) is 81.3 cm³/mol. The fourth-order valence-electron chi connectivity index (χ4n) is 2.40. The van der Waals surface area contributed by atoms with Gasteiger partial charge in [-0.15, -0.1) is 11.8 Å². The minimum absolute atomic E-state index is 0.131. The Labute approximate surface area is 123 Å². The molecule has 2 aromatic carbocycles. The van der Waals surface area contributed by atoms with Gasteiger partial charge in [-0.3, -0.25) is 4.79 Å². The minimum atomic E-state index is -0.154. The van der Waals surface area contributed by atoms with E-state index in [1.807, 2.05) is 44.2 Å². The van der Waals surface area contributed by atoms with E-state index in [4.69, 9.17) is 4.74 Å². The number of fused-ring (bicyclic) bond motifs is 1. The predicted octanol–water partition coefficient (Wildman–Crippen LogP) is 3.93. The molecule has 0 fully saturated rings. The molecule has 2 nitrogen and oxygen atoms in total. The van der Waals surface area contributed by atoms with Gasteiger partial charge in [-0.2, -0.15) is 0 Å². The van der Waals surface area contributed by atoms with E-state index in [2.05, 4.69) is 12.1 Å². The van der Waals surface area contributed by atoms with Crippen molar-refractivity contribution >= 4 is 17.7 Å². The molecule has 2 aromatic rings. The zero-order valence-electron chi connectivity index (χ0n) is 11.6. The molecule has 0 radical (unpaired) electrons. The highest BCUT2D eigenvalue weighted by atomic mass is 32.2. The summed E-state index contributed by atoms with van der Waals surface area (Å²) < 4.78 is 5.56. The molecule has 0 spiro atoms. The molecular formula is C17H16O2S. The lowest BCUT2D eigenvalue weighted by Crippen LogP contribution is -2.22. The zero-order chi connectivity index (χ0) is 14.1. The highest BCUT2D eigenvalue weighted by Crippen LogP contribution is 2.37. The summed E-state index contributed by atoms with van der Waals surface area (Å²) in [7, 11) is 0. The van der Waals surface area contributed by atoms with Gasteiger partial charge in [-0.1, -0.05) is 35.9 Å². The van der Waals surface area contributed by atoms with Crippen LogP contribution in [0.15, 0.2) is 47.4 Å². The molecule has 20 heavy (non-hydrogen) atoms. The standard InChI is InChI=1S/C17H16O2S/c1-11-7-8-14(12(2)9-11)19-17(18)16-10-13-5-3-4-6-15(13)20-16/h3-9,16H,10H2,1-2H3. The molecule has 0 amide bonds. The van der Waals surface area contributed by atoms with Crippen LogP contribution in [0.1, 0.15) is 16.7 Å². The first-order valence-electron chi connectivity index (χ1n) is 6.67. The van der Waals surface area contributed by atoms with Crippen molar-refractivity contribution in [2.24, 2.45) is 0 Å². The van der Waals surface area contributed by atoms with Crippen molar-refractivity contribution in [1.29, 1.82) is 0 Å². The Hall–Kier alpha value is -1.74. The molecule has 3 heteroatoms. The number of hydrogen-bond acceptors (Lipinski definition) is 3. The van der Waals surface area contributed by atoms with Gasteiger partial charge in [0.25, 0.3) is 0 Å². The van der Waals surface area contributed by atoms with E-state index >= 15 is 0 Å². The second-order valence-electron chi connectivity index (χ2n) is 5.11. The third-order valence-electron chi connectivity index (χ3n) is 3.45. The van der Waals surface area contributed by atoms with E-state index in [1.165, 1.54) is 16.0 Å². The number of aryl methyl sites for hydroxylation is 2. The summed E-state index contributed by atoms with van der Waals surface area (Å²) in [5.41, 5.74) is 3.41. The molecule has 1 aliphatic rings. The van der Waals surface area contributed by atoms with Crippen molar-refractivity contribution < 1.29 is 9.53 Å². The van der Waals surface area contributed by atoms with Crippen molar-refractivity contribution in [2.75, 3.05) is 0 Å². The van der Waals surface area contributed by atoms with Gasteiger partial charge in [-0.25, -0.2) is 0 Å². The van der Waals surface area contributed by atoms with Gasteiger partial charge in [0.1, 0.15) is 11.0 Å². The first-order valence-corrected chi connectivity index (χ1v) is 7.55. The molecule has 1 unspecified atom stereocenters. The number of hydrogen-bond donors (Lipinski definition) is 0. The second kappa shape index (κ2) is 5.33. The van der Waals surface area contributed by atoms with E-state index in [9.17, 15) is 4.79 Å². The van der Waals surface area contributed by atoms with E-state index in [0.717, 1.165) is 12.0 Å². The van der Waals surface area contributed by atoms with Gasteiger partial charge in [0.15, 0.2) is 0 Å². The van der Waals surface area contributed by atoms with Gasteiger partial charge in [0, 0.05) is 4.90 Å². The molecular weight excluding hydrogens is 268 g/mol. The van der Waals surface area contributed by atoms with Crippen molar-refractivity contribution in [2.45, 2.75) is 30.4 Å². The normalized spacial score (nSPS) is 16.8. The molecule has 0 aromatic heterocycles. The summed E-state index contributed by atoms with van der Waals surface area (Å²) in [6, 6.07) is 14.0. The fraction of sp³-hybridized carbons (Fsp3) is 0.235.